The lowest BCUT2D eigenvalue weighted by molar-refractivity contribution is -0.142. The quantitative estimate of drug-likeness (QED) is 0.427. The largest absolute Gasteiger partial charge is 0.463 e. The highest BCUT2D eigenvalue weighted by molar-refractivity contribution is 5.65. The van der Waals surface area contributed by atoms with Crippen LogP contribution in [0.4, 0.5) is 0 Å². The smallest absolute Gasteiger partial charge is 0.302 e. The fourth-order valence-corrected chi connectivity index (χ4v) is 0.269. The summed E-state index contributed by atoms with van der Waals surface area (Å²) < 4.78 is 9.13. The van der Waals surface area contributed by atoms with Crippen LogP contribution in [0.1, 0.15) is 13.8 Å². The Balaban J connectivity index is -0.000000173. The van der Waals surface area contributed by atoms with Gasteiger partial charge in [-0.05, 0) is 6.92 Å². The summed E-state index contributed by atoms with van der Waals surface area (Å²) in [7, 11) is 1.56. The Morgan fingerprint density at radius 3 is 1.73 bits per heavy atom. The van der Waals surface area contributed by atoms with E-state index in [1.165, 1.54) is 6.92 Å². The zero-order valence-corrected chi connectivity index (χ0v) is 9.60. The van der Waals surface area contributed by atoms with Crippen LogP contribution in [0.25, 0.3) is 0 Å². The maximum atomic E-state index is 10.0. The van der Waals surface area contributed by atoms with Gasteiger partial charge in [0.2, 0.25) is 0 Å². The van der Waals surface area contributed by atoms with E-state index in [0.29, 0.717) is 13.2 Å². The zero-order valence-electron chi connectivity index (χ0n) is 9.60. The van der Waals surface area contributed by atoms with Crippen molar-refractivity contribution >= 4 is 5.97 Å². The summed E-state index contributed by atoms with van der Waals surface area (Å²) in [6.07, 6.45) is 0. The lowest BCUT2D eigenvalue weighted by Crippen LogP contribution is -2.05. The van der Waals surface area contributed by atoms with Crippen LogP contribution < -0.4 is 0 Å². The van der Waals surface area contributed by atoms with Gasteiger partial charge in [0.15, 0.2) is 0 Å². The number of carbonyl (C=O) groups excluding carboxylic acids is 1. The van der Waals surface area contributed by atoms with Crippen LogP contribution >= 0.6 is 0 Å². The minimum atomic E-state index is -0.262. The molecule has 0 fully saturated rings. The molecule has 0 aromatic rings. The fourth-order valence-electron chi connectivity index (χ4n) is 0.269. The second kappa shape index (κ2) is 23.3. The predicted octanol–water partition coefficient (Wildman–Crippen LogP) is -0.834. The molecule has 0 radical (unpaired) electrons. The molecule has 0 heterocycles. The van der Waals surface area contributed by atoms with Gasteiger partial charge in [0.05, 0.1) is 19.8 Å². The van der Waals surface area contributed by atoms with Gasteiger partial charge in [-0.1, -0.05) is 0 Å². The monoisotopic (exact) mass is 226 g/mol. The van der Waals surface area contributed by atoms with Crippen molar-refractivity contribution in [1.29, 1.82) is 0 Å². The Morgan fingerprint density at radius 1 is 1.13 bits per heavy atom. The molecule has 0 unspecified atom stereocenters. The summed E-state index contributed by atoms with van der Waals surface area (Å²) in [4.78, 5) is 10.0. The fraction of sp³-hybridized carbons (Fsp3) is 0.889. The molecule has 0 aliphatic rings. The van der Waals surface area contributed by atoms with E-state index < -0.39 is 0 Å². The molecular weight excluding hydrogens is 204 g/mol. The van der Waals surface area contributed by atoms with Gasteiger partial charge in [0.25, 0.3) is 0 Å². The van der Waals surface area contributed by atoms with E-state index >= 15 is 0 Å². The molecule has 0 aromatic heterocycles. The maximum Gasteiger partial charge on any atom is 0.302 e. The predicted molar refractivity (Wildman–Crippen MR) is 55.4 cm³/mol. The Kier molecular flexibility index (Phi) is 30.7. The molecule has 0 saturated carbocycles. The van der Waals surface area contributed by atoms with E-state index in [1.807, 2.05) is 0 Å². The molecule has 0 saturated heterocycles. The van der Waals surface area contributed by atoms with Crippen molar-refractivity contribution in [2.24, 2.45) is 0 Å². The first-order valence-electron chi connectivity index (χ1n) is 4.55. The molecule has 3 N–H and O–H groups in total. The van der Waals surface area contributed by atoms with Crippen molar-refractivity contribution in [2.45, 2.75) is 13.8 Å². The van der Waals surface area contributed by atoms with E-state index in [4.69, 9.17) is 15.3 Å². The average Bonchev–Trinajstić information content (AvgIpc) is 2.19. The van der Waals surface area contributed by atoms with Crippen molar-refractivity contribution in [2.75, 3.05) is 40.1 Å². The number of aliphatic hydroxyl groups excluding tert-OH is 3. The van der Waals surface area contributed by atoms with E-state index in [2.05, 4.69) is 9.47 Å². The minimum absolute atomic E-state index is 0.125. The SMILES string of the molecule is CCO.COCCOC(C)=O.OCCO. The normalized spacial score (nSPS) is 7.87. The third kappa shape index (κ3) is 60.4. The van der Waals surface area contributed by atoms with Crippen LogP contribution in [0.2, 0.25) is 0 Å². The summed E-state index contributed by atoms with van der Waals surface area (Å²) >= 11 is 0. The highest BCUT2D eigenvalue weighted by Crippen LogP contribution is 1.74. The molecule has 0 atom stereocenters. The number of aliphatic hydroxyl groups is 3. The van der Waals surface area contributed by atoms with E-state index in [-0.39, 0.29) is 25.8 Å². The summed E-state index contributed by atoms with van der Waals surface area (Å²) in [5.41, 5.74) is 0. The lowest BCUT2D eigenvalue weighted by Gasteiger charge is -1.97. The first-order valence-corrected chi connectivity index (χ1v) is 4.55. The number of rotatable bonds is 4. The van der Waals surface area contributed by atoms with Crippen molar-refractivity contribution in [3.8, 4) is 0 Å². The number of hydrogen-bond acceptors (Lipinski definition) is 6. The van der Waals surface area contributed by atoms with Crippen LogP contribution in [-0.4, -0.2) is 61.4 Å². The van der Waals surface area contributed by atoms with E-state index in [9.17, 15) is 4.79 Å². The summed E-state index contributed by atoms with van der Waals surface area (Å²) in [5.74, 6) is -0.262. The van der Waals surface area contributed by atoms with Crippen molar-refractivity contribution in [3.63, 3.8) is 0 Å². The molecule has 0 aromatic carbocycles. The number of carbonyl (C=O) groups is 1. The number of esters is 1. The average molecular weight is 226 g/mol. The van der Waals surface area contributed by atoms with Crippen LogP contribution in [0, 0.1) is 0 Å². The van der Waals surface area contributed by atoms with Gasteiger partial charge in [-0.2, -0.15) is 0 Å². The maximum absolute atomic E-state index is 10.0. The highest BCUT2D eigenvalue weighted by Gasteiger charge is 1.88. The highest BCUT2D eigenvalue weighted by atomic mass is 16.6. The van der Waals surface area contributed by atoms with Crippen LogP contribution in [0.15, 0.2) is 0 Å². The Hall–Kier alpha value is -0.690. The second-order valence-electron chi connectivity index (χ2n) is 2.10. The Labute approximate surface area is 90.4 Å². The van der Waals surface area contributed by atoms with Gasteiger partial charge in [0.1, 0.15) is 6.61 Å². The zero-order chi connectivity index (χ0) is 12.5. The molecular formula is C9H22O6. The van der Waals surface area contributed by atoms with E-state index in [1.54, 1.807) is 14.0 Å². The first kappa shape index (κ1) is 19.8. The van der Waals surface area contributed by atoms with Gasteiger partial charge in [-0.3, -0.25) is 4.79 Å². The van der Waals surface area contributed by atoms with E-state index in [0.717, 1.165) is 0 Å². The molecule has 0 spiro atoms. The standard InChI is InChI=1S/C5H10O3.C2H6O2.C2H6O/c1-5(6)8-4-3-7-2;3-1-2-4;1-2-3/h3-4H2,1-2H3;3-4H,1-2H2;3H,2H2,1H3. The lowest BCUT2D eigenvalue weighted by atomic mass is 10.7. The second-order valence-corrected chi connectivity index (χ2v) is 2.10. The summed E-state index contributed by atoms with van der Waals surface area (Å²) in [6, 6.07) is 0. The van der Waals surface area contributed by atoms with Gasteiger partial charge in [-0.15, -0.1) is 0 Å². The number of methoxy groups -OCH3 is 1. The number of hydrogen-bond donors (Lipinski definition) is 3. The van der Waals surface area contributed by atoms with Crippen LogP contribution in [-0.2, 0) is 14.3 Å². The molecule has 6 nitrogen and oxygen atoms in total. The van der Waals surface area contributed by atoms with Gasteiger partial charge < -0.3 is 24.8 Å². The molecule has 0 aliphatic carbocycles. The van der Waals surface area contributed by atoms with Crippen LogP contribution in [0.3, 0.4) is 0 Å². The molecule has 0 rings (SSSR count). The van der Waals surface area contributed by atoms with Crippen molar-refractivity contribution in [1.82, 2.24) is 0 Å². The van der Waals surface area contributed by atoms with Crippen molar-refractivity contribution < 1.29 is 29.6 Å². The Bertz CT molecular complexity index is 105. The Morgan fingerprint density at radius 2 is 1.53 bits per heavy atom. The van der Waals surface area contributed by atoms with Gasteiger partial charge >= 0.3 is 5.97 Å². The summed E-state index contributed by atoms with van der Waals surface area (Å²) in [6.45, 7) is 3.88. The minimum Gasteiger partial charge on any atom is -0.463 e. The molecule has 0 amide bonds. The molecule has 0 aliphatic heterocycles. The third-order valence-corrected chi connectivity index (χ3v) is 0.693. The van der Waals surface area contributed by atoms with Gasteiger partial charge in [-0.25, -0.2) is 0 Å². The summed E-state index contributed by atoms with van der Waals surface area (Å²) in [5, 5.41) is 22.8. The van der Waals surface area contributed by atoms with Crippen molar-refractivity contribution in [3.05, 3.63) is 0 Å². The topological polar surface area (TPSA) is 96.2 Å². The number of ether oxygens (including phenoxy) is 2. The molecule has 94 valence electrons. The molecule has 15 heavy (non-hydrogen) atoms. The van der Waals surface area contributed by atoms with Crippen LogP contribution in [0.5, 0.6) is 0 Å². The first-order chi connectivity index (χ1) is 7.10. The molecule has 0 bridgehead atoms. The third-order valence-electron chi connectivity index (χ3n) is 0.693. The molecule has 6 heteroatoms. The van der Waals surface area contributed by atoms with Gasteiger partial charge in [0, 0.05) is 20.6 Å².